The molecule has 2 aromatic rings. The van der Waals surface area contributed by atoms with Gasteiger partial charge >= 0.3 is 13.5 Å². The minimum absolute atomic E-state index is 0.0685. The first kappa shape index (κ1) is 33.8. The van der Waals surface area contributed by atoms with Crippen molar-refractivity contribution in [3.63, 3.8) is 0 Å². The molecule has 9 rings (SSSR count). The highest BCUT2D eigenvalue weighted by Gasteiger charge is 2.51. The first-order chi connectivity index (χ1) is 22.6. The van der Waals surface area contributed by atoms with Gasteiger partial charge in [-0.1, -0.05) is 129 Å². The van der Waals surface area contributed by atoms with Crippen molar-refractivity contribution < 1.29 is 27.9 Å². The Kier molecular flexibility index (Phi) is 9.28. The topological polar surface area (TPSA) is 55.4 Å². The molecule has 47 heavy (non-hydrogen) atoms. The van der Waals surface area contributed by atoms with Gasteiger partial charge in [0.2, 0.25) is 0 Å². The van der Waals surface area contributed by atoms with Crippen LogP contribution in [-0.2, 0) is 33.3 Å². The molecule has 0 N–H and O–H groups in total. The summed E-state index contributed by atoms with van der Waals surface area (Å²) in [6.45, 7) is 13.9. The van der Waals surface area contributed by atoms with Gasteiger partial charge in [-0.15, -0.1) is 10.9 Å². The normalized spacial score (nSPS) is 35.1. The Hall–Kier alpha value is -1.67. The molecule has 1 aliphatic carbocycles. The largest absolute Gasteiger partial charge is 0.540 e. The number of rotatable bonds is 14. The zero-order valence-corrected chi connectivity index (χ0v) is 30.0. The van der Waals surface area contributed by atoms with Crippen molar-refractivity contribution in [2.75, 3.05) is 39.6 Å². The molecule has 258 valence electrons. The zero-order chi connectivity index (χ0) is 32.9. The van der Waals surface area contributed by atoms with Crippen molar-refractivity contribution in [3.8, 4) is 11.1 Å². The molecule has 6 fully saturated rings. The Morgan fingerprint density at radius 1 is 0.574 bits per heavy atom. The summed E-state index contributed by atoms with van der Waals surface area (Å²) >= 11 is 0. The molecule has 2 aromatic carbocycles. The third kappa shape index (κ3) is 5.87. The van der Waals surface area contributed by atoms with Gasteiger partial charge in [0.25, 0.3) is 0 Å². The van der Waals surface area contributed by atoms with E-state index in [2.05, 4.69) is 77.9 Å². The fraction of sp³-hybridized carbons (Fsp3) is 0.692. The lowest BCUT2D eigenvalue weighted by Crippen LogP contribution is -2.69. The molecule has 0 amide bonds. The zero-order valence-electron chi connectivity index (χ0n) is 30.0. The summed E-state index contributed by atoms with van der Waals surface area (Å²) in [5, 5.41) is 0. The monoisotopic (exact) mass is 644 g/mol. The van der Waals surface area contributed by atoms with Crippen LogP contribution in [0.25, 0.3) is 11.1 Å². The van der Waals surface area contributed by atoms with Crippen LogP contribution in [-0.4, -0.2) is 53.2 Å². The molecule has 2 unspecified atom stereocenters. The average molecular weight is 645 g/mol. The first-order valence-electron chi connectivity index (χ1n) is 19.1. The van der Waals surface area contributed by atoms with E-state index in [1.54, 1.807) is 0 Å². The van der Waals surface area contributed by atoms with Crippen LogP contribution in [0, 0.1) is 22.7 Å². The standard InChI is InChI=1S/C39H58B2O6/c1-7-11-13-29(9-3)21-39(22-30(10-4)14-12-8-2)35-19-31(40-42-23-37(5,24-43-40)25-44-40)15-17-33(35)34-18-16-32(20-36(34)39)41-45-26-38(6,27-46-41)28-47-41/h15-20,29-30H,7-14,21-28H2,1-6H3/q-2. The second-order valence-electron chi connectivity index (χ2n) is 16.7. The van der Waals surface area contributed by atoms with Gasteiger partial charge in [-0.05, 0) is 46.9 Å². The van der Waals surface area contributed by atoms with Crippen LogP contribution in [0.4, 0.5) is 0 Å². The number of hydrogen-bond donors (Lipinski definition) is 0. The maximum Gasteiger partial charge on any atom is 0.409 e. The second kappa shape index (κ2) is 12.9. The van der Waals surface area contributed by atoms with E-state index in [4.69, 9.17) is 27.9 Å². The smallest absolute Gasteiger partial charge is 0.409 e. The Morgan fingerprint density at radius 2 is 0.936 bits per heavy atom. The predicted octanol–water partition coefficient (Wildman–Crippen LogP) is 7.62. The fourth-order valence-electron chi connectivity index (χ4n) is 9.35. The molecule has 6 nitrogen and oxygen atoms in total. The van der Waals surface area contributed by atoms with Crippen LogP contribution < -0.4 is 10.9 Å². The summed E-state index contributed by atoms with van der Waals surface area (Å²) in [7, 11) is 0. The highest BCUT2D eigenvalue weighted by atomic mass is 16.8. The molecular weight excluding hydrogens is 586 g/mol. The Labute approximate surface area is 284 Å². The van der Waals surface area contributed by atoms with E-state index in [1.165, 1.54) is 73.6 Å². The highest BCUT2D eigenvalue weighted by molar-refractivity contribution is 6.76. The second-order valence-corrected chi connectivity index (χ2v) is 16.7. The van der Waals surface area contributed by atoms with Crippen LogP contribution in [0.3, 0.4) is 0 Å². The molecule has 6 saturated heterocycles. The molecule has 8 heteroatoms. The SMILES string of the molecule is CCCCC(CC)CC1(CC(CC)CCCC)c2cc([B-]34OCC(C)(CO3)CO4)ccc2-c2ccc([B-]34OCC(C)(CO3)CO4)cc21. The van der Waals surface area contributed by atoms with E-state index in [0.29, 0.717) is 51.5 Å². The third-order valence-corrected chi connectivity index (χ3v) is 12.5. The number of hydrogen-bond acceptors (Lipinski definition) is 6. The van der Waals surface area contributed by atoms with Crippen molar-refractivity contribution in [2.45, 2.75) is 111 Å². The van der Waals surface area contributed by atoms with Crippen molar-refractivity contribution in [1.29, 1.82) is 0 Å². The van der Waals surface area contributed by atoms with Gasteiger partial charge in [-0.2, -0.15) is 0 Å². The van der Waals surface area contributed by atoms with E-state index in [0.717, 1.165) is 23.8 Å². The lowest BCUT2D eigenvalue weighted by Gasteiger charge is -2.58. The fourth-order valence-corrected chi connectivity index (χ4v) is 9.35. The molecular formula is C39H58B2O6-2. The molecule has 6 aliphatic heterocycles. The van der Waals surface area contributed by atoms with Gasteiger partial charge < -0.3 is 27.9 Å². The van der Waals surface area contributed by atoms with Gasteiger partial charge in [0.1, 0.15) is 0 Å². The molecule has 0 aromatic heterocycles. The van der Waals surface area contributed by atoms with Crippen LogP contribution in [0.15, 0.2) is 36.4 Å². The van der Waals surface area contributed by atoms with Crippen molar-refractivity contribution in [1.82, 2.24) is 0 Å². The van der Waals surface area contributed by atoms with Crippen molar-refractivity contribution in [3.05, 3.63) is 47.5 Å². The number of benzene rings is 2. The van der Waals surface area contributed by atoms with E-state index in [-0.39, 0.29) is 16.2 Å². The molecule has 0 spiro atoms. The molecule has 0 saturated carbocycles. The Morgan fingerprint density at radius 3 is 1.26 bits per heavy atom. The molecule has 0 radical (unpaired) electrons. The van der Waals surface area contributed by atoms with Gasteiger partial charge in [0, 0.05) is 55.9 Å². The molecule has 7 aliphatic rings. The summed E-state index contributed by atoms with van der Waals surface area (Å²) in [5.74, 6) is 1.25. The van der Waals surface area contributed by atoms with E-state index < -0.39 is 13.5 Å². The molecule has 2 atom stereocenters. The van der Waals surface area contributed by atoms with Crippen LogP contribution in [0.1, 0.15) is 117 Å². The number of unbranched alkanes of at least 4 members (excludes halogenated alkanes) is 2. The minimum Gasteiger partial charge on any atom is -0.540 e. The maximum atomic E-state index is 6.48. The van der Waals surface area contributed by atoms with Crippen molar-refractivity contribution >= 4 is 24.4 Å². The summed E-state index contributed by atoms with van der Waals surface area (Å²) in [6.07, 6.45) is 12.1. The van der Waals surface area contributed by atoms with Crippen LogP contribution in [0.2, 0.25) is 0 Å². The summed E-state index contributed by atoms with van der Waals surface area (Å²) in [4.78, 5) is 0. The minimum atomic E-state index is -1.96. The van der Waals surface area contributed by atoms with E-state index in [9.17, 15) is 0 Å². The predicted molar refractivity (Wildman–Crippen MR) is 191 cm³/mol. The summed E-state index contributed by atoms with van der Waals surface area (Å²) in [6, 6.07) is 14.0. The molecule has 6 heterocycles. The van der Waals surface area contributed by atoms with E-state index in [1.807, 2.05) is 0 Å². The lowest BCUT2D eigenvalue weighted by atomic mass is 9.60. The molecule has 4 bridgehead atoms. The first-order valence-corrected chi connectivity index (χ1v) is 19.1. The van der Waals surface area contributed by atoms with Gasteiger partial charge in [0.05, 0.1) is 0 Å². The van der Waals surface area contributed by atoms with Crippen LogP contribution >= 0.6 is 0 Å². The van der Waals surface area contributed by atoms with Crippen molar-refractivity contribution in [2.24, 2.45) is 22.7 Å². The van der Waals surface area contributed by atoms with Gasteiger partial charge in [-0.25, -0.2) is 0 Å². The quantitative estimate of drug-likeness (QED) is 0.197. The van der Waals surface area contributed by atoms with E-state index >= 15 is 0 Å². The van der Waals surface area contributed by atoms with Crippen LogP contribution in [0.5, 0.6) is 0 Å². The van der Waals surface area contributed by atoms with Gasteiger partial charge in [-0.3, -0.25) is 0 Å². The van der Waals surface area contributed by atoms with Gasteiger partial charge in [0.15, 0.2) is 0 Å². The number of fused-ring (bicyclic) bond motifs is 9. The lowest BCUT2D eigenvalue weighted by molar-refractivity contribution is -0.119. The summed E-state index contributed by atoms with van der Waals surface area (Å²) in [5.41, 5.74) is 7.31. The Bertz CT molecular complexity index is 1290. The maximum absolute atomic E-state index is 6.48. The highest BCUT2D eigenvalue weighted by Crippen LogP contribution is 2.56. The summed E-state index contributed by atoms with van der Waals surface area (Å²) < 4.78 is 38.9. The Balaban J connectivity index is 1.38. The third-order valence-electron chi connectivity index (χ3n) is 12.5. The average Bonchev–Trinajstić information content (AvgIpc) is 3.37.